The minimum absolute atomic E-state index is 0.0288. The van der Waals surface area contributed by atoms with E-state index < -0.39 is 24.5 Å². The van der Waals surface area contributed by atoms with Crippen LogP contribution >= 0.6 is 0 Å². The van der Waals surface area contributed by atoms with E-state index in [0.29, 0.717) is 5.56 Å². The van der Waals surface area contributed by atoms with Gasteiger partial charge in [-0.05, 0) is 6.07 Å². The number of aryl methyl sites for hydroxylation is 1. The Labute approximate surface area is 125 Å². The fourth-order valence-corrected chi connectivity index (χ4v) is 1.81. The molecular weight excluding hydrogens is 290 g/mol. The summed E-state index contributed by atoms with van der Waals surface area (Å²) in [4.78, 5) is 26.9. The molecule has 9 heteroatoms. The van der Waals surface area contributed by atoms with Gasteiger partial charge >= 0.3 is 5.97 Å². The summed E-state index contributed by atoms with van der Waals surface area (Å²) >= 11 is 0. The van der Waals surface area contributed by atoms with Gasteiger partial charge in [0.1, 0.15) is 5.82 Å². The summed E-state index contributed by atoms with van der Waals surface area (Å²) in [5, 5.41) is 24.0. The molecule has 5 N–H and O–H groups in total. The number of hydrogen-bond donors (Lipinski definition) is 4. The molecule has 0 saturated carbocycles. The van der Waals surface area contributed by atoms with E-state index in [1.807, 2.05) is 0 Å². The van der Waals surface area contributed by atoms with Crippen molar-refractivity contribution in [2.45, 2.75) is 6.04 Å². The number of anilines is 1. The Kier molecular flexibility index (Phi) is 4.37. The topological polar surface area (TPSA) is 143 Å². The zero-order valence-electron chi connectivity index (χ0n) is 11.7. The molecule has 0 fully saturated rings. The first-order chi connectivity index (χ1) is 10.4. The number of nitrogens with zero attached hydrogens (tertiary/aromatic N) is 3. The van der Waals surface area contributed by atoms with Gasteiger partial charge in [0.05, 0.1) is 18.4 Å². The van der Waals surface area contributed by atoms with E-state index in [4.69, 9.17) is 15.9 Å². The number of carbonyl (C=O) groups is 2. The molecule has 0 saturated heterocycles. The molecule has 2 rings (SSSR count). The van der Waals surface area contributed by atoms with Gasteiger partial charge < -0.3 is 21.3 Å². The minimum Gasteiger partial charge on any atom is -0.480 e. The molecule has 1 unspecified atom stereocenters. The van der Waals surface area contributed by atoms with Crippen LogP contribution in [0.2, 0.25) is 0 Å². The highest BCUT2D eigenvalue weighted by Gasteiger charge is 2.21. The van der Waals surface area contributed by atoms with Crippen molar-refractivity contribution < 1.29 is 19.8 Å². The van der Waals surface area contributed by atoms with Crippen LogP contribution in [0.25, 0.3) is 11.1 Å². The van der Waals surface area contributed by atoms with Crippen LogP contribution in [0.1, 0.15) is 10.4 Å². The van der Waals surface area contributed by atoms with Crippen LogP contribution in [0.4, 0.5) is 5.82 Å². The fourth-order valence-electron chi connectivity index (χ4n) is 1.81. The molecule has 1 amide bonds. The van der Waals surface area contributed by atoms with Crippen LogP contribution in [0, 0.1) is 0 Å². The molecular formula is C13H15N5O4. The Morgan fingerprint density at radius 3 is 2.68 bits per heavy atom. The SMILES string of the molecule is Cn1cc(-c2cnc(N)c(C(=O)NC(CO)C(=O)O)c2)cn1. The molecule has 9 nitrogen and oxygen atoms in total. The Morgan fingerprint density at radius 1 is 1.41 bits per heavy atom. The fraction of sp³-hybridized carbons (Fsp3) is 0.231. The number of nitrogens with two attached hydrogens (primary N) is 1. The van der Waals surface area contributed by atoms with Crippen LogP contribution in [-0.2, 0) is 11.8 Å². The highest BCUT2D eigenvalue weighted by Crippen LogP contribution is 2.21. The number of rotatable bonds is 5. The van der Waals surface area contributed by atoms with E-state index >= 15 is 0 Å². The number of carboxylic acids is 1. The van der Waals surface area contributed by atoms with Gasteiger partial charge in [0.15, 0.2) is 6.04 Å². The van der Waals surface area contributed by atoms with Crippen LogP contribution < -0.4 is 11.1 Å². The lowest BCUT2D eigenvalue weighted by molar-refractivity contribution is -0.140. The van der Waals surface area contributed by atoms with Gasteiger partial charge in [-0.1, -0.05) is 0 Å². The average Bonchev–Trinajstić information content (AvgIpc) is 2.91. The zero-order valence-corrected chi connectivity index (χ0v) is 11.7. The highest BCUT2D eigenvalue weighted by atomic mass is 16.4. The molecule has 0 bridgehead atoms. The molecule has 2 aromatic heterocycles. The smallest absolute Gasteiger partial charge is 0.328 e. The van der Waals surface area contributed by atoms with Crippen LogP contribution in [-0.4, -0.2) is 49.5 Å². The summed E-state index contributed by atoms with van der Waals surface area (Å²) in [5.74, 6) is -2.10. The molecule has 0 radical (unpaired) electrons. The quantitative estimate of drug-likeness (QED) is 0.568. The van der Waals surface area contributed by atoms with Gasteiger partial charge in [0.25, 0.3) is 5.91 Å². The first-order valence-corrected chi connectivity index (χ1v) is 6.31. The molecule has 116 valence electrons. The van der Waals surface area contributed by atoms with E-state index in [1.165, 1.54) is 12.3 Å². The number of hydrogen-bond acceptors (Lipinski definition) is 6. The third-order valence-corrected chi connectivity index (χ3v) is 2.99. The molecule has 0 aliphatic carbocycles. The third kappa shape index (κ3) is 3.20. The minimum atomic E-state index is -1.41. The maximum Gasteiger partial charge on any atom is 0.328 e. The van der Waals surface area contributed by atoms with Gasteiger partial charge in [-0.25, -0.2) is 9.78 Å². The summed E-state index contributed by atoms with van der Waals surface area (Å²) in [7, 11) is 1.75. The monoisotopic (exact) mass is 305 g/mol. The normalized spacial score (nSPS) is 11.9. The number of nitrogens with one attached hydrogen (secondary N) is 1. The van der Waals surface area contributed by atoms with Gasteiger partial charge in [0, 0.05) is 30.6 Å². The number of aromatic nitrogens is 3. The number of aliphatic carboxylic acids is 1. The van der Waals surface area contributed by atoms with E-state index in [9.17, 15) is 9.59 Å². The van der Waals surface area contributed by atoms with Crippen LogP contribution in [0.5, 0.6) is 0 Å². The second-order valence-electron chi connectivity index (χ2n) is 4.61. The summed E-state index contributed by atoms with van der Waals surface area (Å²) in [5.41, 5.74) is 7.04. The predicted molar refractivity (Wildman–Crippen MR) is 76.8 cm³/mol. The van der Waals surface area contributed by atoms with Crippen molar-refractivity contribution in [3.63, 3.8) is 0 Å². The maximum absolute atomic E-state index is 12.1. The molecule has 1 atom stereocenters. The molecule has 2 heterocycles. The second-order valence-corrected chi connectivity index (χ2v) is 4.61. The lowest BCUT2D eigenvalue weighted by Gasteiger charge is -2.13. The van der Waals surface area contributed by atoms with Crippen molar-refractivity contribution in [3.8, 4) is 11.1 Å². The zero-order chi connectivity index (χ0) is 16.3. The number of carboxylic acid groups (broad SMARTS) is 1. The number of pyridine rings is 1. The summed E-state index contributed by atoms with van der Waals surface area (Å²) in [6, 6.07) is 0.0827. The maximum atomic E-state index is 12.1. The van der Waals surface area contributed by atoms with Gasteiger partial charge in [-0.15, -0.1) is 0 Å². The third-order valence-electron chi connectivity index (χ3n) is 2.99. The lowest BCUT2D eigenvalue weighted by atomic mass is 10.1. The predicted octanol–water partition coefficient (Wildman–Crippen LogP) is -0.760. The largest absolute Gasteiger partial charge is 0.480 e. The Hall–Kier alpha value is -2.94. The van der Waals surface area contributed by atoms with Crippen molar-refractivity contribution in [1.82, 2.24) is 20.1 Å². The van der Waals surface area contributed by atoms with E-state index in [0.717, 1.165) is 5.56 Å². The number of carbonyl (C=O) groups excluding carboxylic acids is 1. The number of amides is 1. The summed E-state index contributed by atoms with van der Waals surface area (Å²) in [6.07, 6.45) is 4.83. The van der Waals surface area contributed by atoms with E-state index in [1.54, 1.807) is 24.1 Å². The average molecular weight is 305 g/mol. The number of aliphatic hydroxyl groups excluding tert-OH is 1. The van der Waals surface area contributed by atoms with Crippen molar-refractivity contribution >= 4 is 17.7 Å². The molecule has 2 aromatic rings. The van der Waals surface area contributed by atoms with Gasteiger partial charge in [0.2, 0.25) is 0 Å². The lowest BCUT2D eigenvalue weighted by Crippen LogP contribution is -2.43. The Morgan fingerprint density at radius 2 is 2.14 bits per heavy atom. The van der Waals surface area contributed by atoms with Crippen molar-refractivity contribution in [3.05, 3.63) is 30.2 Å². The molecule has 0 aliphatic heterocycles. The second kappa shape index (κ2) is 6.22. The van der Waals surface area contributed by atoms with Crippen LogP contribution in [0.3, 0.4) is 0 Å². The first-order valence-electron chi connectivity index (χ1n) is 6.31. The number of aliphatic hydroxyl groups is 1. The molecule has 0 aromatic carbocycles. The van der Waals surface area contributed by atoms with Crippen LogP contribution in [0.15, 0.2) is 24.7 Å². The van der Waals surface area contributed by atoms with Crippen molar-refractivity contribution in [2.24, 2.45) is 7.05 Å². The molecule has 0 spiro atoms. The number of nitrogen functional groups attached to an aromatic ring is 1. The van der Waals surface area contributed by atoms with Crippen molar-refractivity contribution in [1.29, 1.82) is 0 Å². The van der Waals surface area contributed by atoms with E-state index in [-0.39, 0.29) is 11.4 Å². The summed E-state index contributed by atoms with van der Waals surface area (Å²) in [6.45, 7) is -0.725. The molecule has 0 aliphatic rings. The Balaban J connectivity index is 2.30. The van der Waals surface area contributed by atoms with Gasteiger partial charge in [-0.2, -0.15) is 5.10 Å². The van der Waals surface area contributed by atoms with E-state index in [2.05, 4.69) is 15.4 Å². The standard InChI is InChI=1S/C13H15N5O4/c1-18-5-8(4-16-18)7-2-9(11(14)15-3-7)12(20)17-10(6-19)13(21)22/h2-5,10,19H,6H2,1H3,(H2,14,15)(H,17,20)(H,21,22). The highest BCUT2D eigenvalue weighted by molar-refractivity contribution is 6.01. The first kappa shape index (κ1) is 15.4. The summed E-state index contributed by atoms with van der Waals surface area (Å²) < 4.78 is 1.59. The Bertz CT molecular complexity index is 712. The molecule has 22 heavy (non-hydrogen) atoms. The van der Waals surface area contributed by atoms with Crippen molar-refractivity contribution in [2.75, 3.05) is 12.3 Å². The van der Waals surface area contributed by atoms with Gasteiger partial charge in [-0.3, -0.25) is 9.48 Å².